The first-order chi connectivity index (χ1) is 8.70. The van der Waals surface area contributed by atoms with Gasteiger partial charge in [0.25, 0.3) is 5.56 Å². The van der Waals surface area contributed by atoms with Gasteiger partial charge in [0.1, 0.15) is 0 Å². The minimum Gasteiger partial charge on any atom is -0.360 e. The van der Waals surface area contributed by atoms with Crippen LogP contribution in [0.25, 0.3) is 0 Å². The van der Waals surface area contributed by atoms with E-state index in [-0.39, 0.29) is 11.9 Å². The van der Waals surface area contributed by atoms with Gasteiger partial charge in [-0.3, -0.25) is 9.78 Å². The lowest BCUT2D eigenvalue weighted by atomic mass is 9.84. The Morgan fingerprint density at radius 2 is 2.06 bits per heavy atom. The lowest BCUT2D eigenvalue weighted by Crippen LogP contribution is -2.40. The van der Waals surface area contributed by atoms with Crippen molar-refractivity contribution >= 4 is 5.82 Å². The molecule has 7 heteroatoms. The van der Waals surface area contributed by atoms with Crippen LogP contribution in [0.15, 0.2) is 9.59 Å². The molecule has 0 saturated heterocycles. The van der Waals surface area contributed by atoms with Crippen LogP contribution in [0.2, 0.25) is 0 Å². The predicted octanol–water partition coefficient (Wildman–Crippen LogP) is -0.222. The van der Waals surface area contributed by atoms with Crippen molar-refractivity contribution in [1.82, 2.24) is 15.2 Å². The van der Waals surface area contributed by atoms with E-state index in [0.29, 0.717) is 12.5 Å². The number of nitrogens with two attached hydrogens (primary N) is 1. The molecule has 2 rings (SSSR count). The highest BCUT2D eigenvalue weighted by molar-refractivity contribution is 5.30. The van der Waals surface area contributed by atoms with E-state index < -0.39 is 11.2 Å². The van der Waals surface area contributed by atoms with Gasteiger partial charge in [-0.1, -0.05) is 19.3 Å². The molecule has 7 nitrogen and oxygen atoms in total. The molecule has 1 fully saturated rings. The molecule has 1 aliphatic rings. The molecule has 0 aliphatic heterocycles. The summed E-state index contributed by atoms with van der Waals surface area (Å²) in [6.07, 6.45) is 5.92. The van der Waals surface area contributed by atoms with Crippen LogP contribution < -0.4 is 22.3 Å². The Bertz CT molecular complexity index is 489. The number of aromatic nitrogens is 3. The zero-order valence-corrected chi connectivity index (χ0v) is 10.2. The molecule has 18 heavy (non-hydrogen) atoms. The summed E-state index contributed by atoms with van der Waals surface area (Å²) in [6, 6.07) is 0.0322. The van der Waals surface area contributed by atoms with Crippen molar-refractivity contribution in [2.75, 3.05) is 11.9 Å². The molecule has 1 aromatic heterocycles. The molecule has 0 amide bonds. The number of hydrogen-bond acceptors (Lipinski definition) is 5. The summed E-state index contributed by atoms with van der Waals surface area (Å²) < 4.78 is 0. The van der Waals surface area contributed by atoms with Gasteiger partial charge in [-0.25, -0.2) is 9.89 Å². The summed E-state index contributed by atoms with van der Waals surface area (Å²) in [7, 11) is 0. The Hall–Kier alpha value is -1.63. The van der Waals surface area contributed by atoms with E-state index in [1.54, 1.807) is 0 Å². The highest BCUT2D eigenvalue weighted by atomic mass is 16.2. The molecule has 5 N–H and O–H groups in total. The van der Waals surface area contributed by atoms with Crippen LogP contribution >= 0.6 is 0 Å². The summed E-state index contributed by atoms with van der Waals surface area (Å²) >= 11 is 0. The van der Waals surface area contributed by atoms with E-state index in [0.717, 1.165) is 12.8 Å². The van der Waals surface area contributed by atoms with Gasteiger partial charge in [-0.05, 0) is 18.8 Å². The third-order valence-electron chi connectivity index (χ3n) is 3.51. The highest BCUT2D eigenvalue weighted by Gasteiger charge is 2.23. The third-order valence-corrected chi connectivity index (χ3v) is 3.51. The molecule has 0 bridgehead atoms. The Labute approximate surface area is 104 Å². The first-order valence-electron chi connectivity index (χ1n) is 6.36. The van der Waals surface area contributed by atoms with Gasteiger partial charge in [-0.2, -0.15) is 0 Å². The van der Waals surface area contributed by atoms with Crippen molar-refractivity contribution in [3.8, 4) is 0 Å². The molecule has 1 aliphatic carbocycles. The standard InChI is InChI=1S/C11H19N5O2/c12-6-8(7-4-2-1-3-5-7)13-9-10(17)14-11(18)16-15-9/h7-8H,1-6,12H2,(H,13,15)(H2,14,16,17,18). The number of nitrogens with one attached hydrogen (secondary N) is 3. The number of hydrogen-bond donors (Lipinski definition) is 4. The van der Waals surface area contributed by atoms with Crippen LogP contribution in [0.3, 0.4) is 0 Å². The fraction of sp³-hybridized carbons (Fsp3) is 0.727. The van der Waals surface area contributed by atoms with Gasteiger partial charge in [0.2, 0.25) is 5.82 Å². The summed E-state index contributed by atoms with van der Waals surface area (Å²) in [4.78, 5) is 24.5. The Morgan fingerprint density at radius 1 is 1.33 bits per heavy atom. The number of aromatic amines is 2. The predicted molar refractivity (Wildman–Crippen MR) is 68.5 cm³/mol. The van der Waals surface area contributed by atoms with Crippen molar-refractivity contribution in [2.45, 2.75) is 38.1 Å². The summed E-state index contributed by atoms with van der Waals surface area (Å²) in [5.74, 6) is 0.604. The molecular formula is C11H19N5O2. The van der Waals surface area contributed by atoms with E-state index in [2.05, 4.69) is 20.5 Å². The van der Waals surface area contributed by atoms with Gasteiger partial charge in [0.05, 0.1) is 0 Å². The van der Waals surface area contributed by atoms with Crippen molar-refractivity contribution in [2.24, 2.45) is 11.7 Å². The fourth-order valence-corrected chi connectivity index (χ4v) is 2.53. The molecule has 1 aromatic rings. The van der Waals surface area contributed by atoms with Crippen molar-refractivity contribution in [3.63, 3.8) is 0 Å². The molecule has 0 spiro atoms. The van der Waals surface area contributed by atoms with Crippen LogP contribution in [0.4, 0.5) is 5.82 Å². The van der Waals surface area contributed by atoms with Crippen LogP contribution in [0.1, 0.15) is 32.1 Å². The first kappa shape index (κ1) is 12.8. The topological polar surface area (TPSA) is 117 Å². The van der Waals surface area contributed by atoms with Crippen molar-refractivity contribution in [1.29, 1.82) is 0 Å². The number of nitrogens with zero attached hydrogens (tertiary/aromatic N) is 1. The molecule has 1 unspecified atom stereocenters. The molecule has 1 saturated carbocycles. The second kappa shape index (κ2) is 5.81. The summed E-state index contributed by atoms with van der Waals surface area (Å²) in [6.45, 7) is 0.449. The van der Waals surface area contributed by atoms with Crippen molar-refractivity contribution in [3.05, 3.63) is 20.8 Å². The second-order valence-corrected chi connectivity index (χ2v) is 4.74. The molecule has 100 valence electrons. The SMILES string of the molecule is NCC(Nc1n[nH]c(=O)[nH]c1=O)C1CCCCC1. The minimum atomic E-state index is -0.604. The number of anilines is 1. The molecule has 1 heterocycles. The number of H-pyrrole nitrogens is 2. The molecule has 0 aromatic carbocycles. The van der Waals surface area contributed by atoms with Gasteiger partial charge in [0, 0.05) is 12.6 Å². The lowest BCUT2D eigenvalue weighted by Gasteiger charge is -2.29. The second-order valence-electron chi connectivity index (χ2n) is 4.74. The van der Waals surface area contributed by atoms with Crippen LogP contribution in [0, 0.1) is 5.92 Å². The Kier molecular flexibility index (Phi) is 4.14. The van der Waals surface area contributed by atoms with Crippen LogP contribution in [0.5, 0.6) is 0 Å². The monoisotopic (exact) mass is 253 g/mol. The quantitative estimate of drug-likeness (QED) is 0.591. The lowest BCUT2D eigenvalue weighted by molar-refractivity contribution is 0.320. The van der Waals surface area contributed by atoms with Gasteiger partial charge in [-0.15, -0.1) is 5.10 Å². The van der Waals surface area contributed by atoms with E-state index in [9.17, 15) is 9.59 Å². The average molecular weight is 253 g/mol. The van der Waals surface area contributed by atoms with Crippen LogP contribution in [-0.4, -0.2) is 27.8 Å². The minimum absolute atomic E-state index is 0.0322. The largest absolute Gasteiger partial charge is 0.360 e. The Balaban J connectivity index is 2.09. The highest BCUT2D eigenvalue weighted by Crippen LogP contribution is 2.27. The molecule has 0 radical (unpaired) electrons. The third kappa shape index (κ3) is 2.98. The van der Waals surface area contributed by atoms with E-state index in [1.807, 2.05) is 0 Å². The maximum Gasteiger partial charge on any atom is 0.342 e. The normalized spacial score (nSPS) is 18.5. The smallest absolute Gasteiger partial charge is 0.342 e. The first-order valence-corrected chi connectivity index (χ1v) is 6.36. The average Bonchev–Trinajstić information content (AvgIpc) is 2.39. The zero-order valence-electron chi connectivity index (χ0n) is 10.2. The molecule has 1 atom stereocenters. The van der Waals surface area contributed by atoms with Gasteiger partial charge >= 0.3 is 5.69 Å². The molecular weight excluding hydrogens is 234 g/mol. The number of rotatable bonds is 4. The van der Waals surface area contributed by atoms with Gasteiger partial charge in [0.15, 0.2) is 0 Å². The zero-order chi connectivity index (χ0) is 13.0. The maximum atomic E-state index is 11.5. The fourth-order valence-electron chi connectivity index (χ4n) is 2.53. The summed E-state index contributed by atoms with van der Waals surface area (Å²) in [5, 5.41) is 8.97. The van der Waals surface area contributed by atoms with E-state index in [4.69, 9.17) is 5.73 Å². The Morgan fingerprint density at radius 3 is 2.67 bits per heavy atom. The van der Waals surface area contributed by atoms with Gasteiger partial charge < -0.3 is 11.1 Å². The summed E-state index contributed by atoms with van der Waals surface area (Å²) in [5.41, 5.74) is 4.65. The van der Waals surface area contributed by atoms with E-state index >= 15 is 0 Å². The maximum absolute atomic E-state index is 11.5. The van der Waals surface area contributed by atoms with Crippen LogP contribution in [-0.2, 0) is 0 Å². The van der Waals surface area contributed by atoms with E-state index in [1.165, 1.54) is 19.3 Å². The van der Waals surface area contributed by atoms with Crippen molar-refractivity contribution < 1.29 is 0 Å².